The van der Waals surface area contributed by atoms with Crippen molar-refractivity contribution in [3.63, 3.8) is 0 Å². The lowest BCUT2D eigenvalue weighted by Gasteiger charge is -2.33. The standard InChI is InChI=1S/C27H33N3O2/c1-4-20-13-9-12-18-24(20)30-25(28-23-17-11-10-16-22(23)27(30)32)19(3)29(5-2)26(31)21-14-7-6-8-15-21/h9-13,16-19,21H,4-8,14-15H2,1-3H3. The zero-order valence-electron chi connectivity index (χ0n) is 19.4. The van der Waals surface area contributed by atoms with Crippen LogP contribution < -0.4 is 5.56 Å². The molecule has 3 aromatic rings. The third-order valence-electron chi connectivity index (χ3n) is 6.83. The topological polar surface area (TPSA) is 55.2 Å². The summed E-state index contributed by atoms with van der Waals surface area (Å²) in [6.45, 7) is 6.70. The van der Waals surface area contributed by atoms with Crippen molar-refractivity contribution in [3.05, 3.63) is 70.3 Å². The number of carbonyl (C=O) groups is 1. The first-order chi connectivity index (χ1) is 15.6. The Morgan fingerprint density at radius 2 is 1.75 bits per heavy atom. The van der Waals surface area contributed by atoms with Crippen LogP contribution in [0, 0.1) is 5.92 Å². The van der Waals surface area contributed by atoms with Crippen LogP contribution in [-0.4, -0.2) is 26.9 Å². The zero-order chi connectivity index (χ0) is 22.7. The first-order valence-electron chi connectivity index (χ1n) is 12.0. The highest BCUT2D eigenvalue weighted by Gasteiger charge is 2.31. The Morgan fingerprint density at radius 1 is 1.06 bits per heavy atom. The van der Waals surface area contributed by atoms with Crippen molar-refractivity contribution in [1.29, 1.82) is 0 Å². The van der Waals surface area contributed by atoms with Crippen LogP contribution in [0.25, 0.3) is 16.6 Å². The summed E-state index contributed by atoms with van der Waals surface area (Å²) in [7, 11) is 0. The van der Waals surface area contributed by atoms with Crippen molar-refractivity contribution in [2.45, 2.75) is 65.3 Å². The van der Waals surface area contributed by atoms with Gasteiger partial charge in [-0.1, -0.05) is 56.5 Å². The van der Waals surface area contributed by atoms with E-state index in [4.69, 9.17) is 4.98 Å². The Hall–Kier alpha value is -2.95. The largest absolute Gasteiger partial charge is 0.333 e. The molecule has 2 aromatic carbocycles. The molecule has 1 unspecified atom stereocenters. The molecule has 1 atom stereocenters. The molecule has 168 valence electrons. The number of rotatable bonds is 6. The highest BCUT2D eigenvalue weighted by Crippen LogP contribution is 2.30. The van der Waals surface area contributed by atoms with Gasteiger partial charge in [-0.25, -0.2) is 4.98 Å². The average Bonchev–Trinajstić information content (AvgIpc) is 2.84. The molecule has 0 saturated heterocycles. The zero-order valence-corrected chi connectivity index (χ0v) is 19.4. The van der Waals surface area contributed by atoms with Gasteiger partial charge in [-0.05, 0) is 56.9 Å². The lowest BCUT2D eigenvalue weighted by atomic mass is 9.88. The Balaban J connectivity index is 1.88. The fraction of sp³-hybridized carbons (Fsp3) is 0.444. The molecule has 1 heterocycles. The molecule has 1 amide bonds. The number of hydrogen-bond acceptors (Lipinski definition) is 3. The second-order valence-corrected chi connectivity index (χ2v) is 8.75. The Bertz CT molecular complexity index is 1160. The van der Waals surface area contributed by atoms with Gasteiger partial charge in [0, 0.05) is 12.5 Å². The number of carbonyl (C=O) groups excluding carboxylic acids is 1. The minimum Gasteiger partial charge on any atom is -0.333 e. The lowest BCUT2D eigenvalue weighted by molar-refractivity contribution is -0.138. The maximum atomic E-state index is 13.7. The first kappa shape index (κ1) is 22.3. The molecule has 1 aliphatic carbocycles. The quantitative estimate of drug-likeness (QED) is 0.522. The van der Waals surface area contributed by atoms with Gasteiger partial charge in [-0.15, -0.1) is 0 Å². The van der Waals surface area contributed by atoms with E-state index in [0.717, 1.165) is 43.4 Å². The first-order valence-corrected chi connectivity index (χ1v) is 12.0. The van der Waals surface area contributed by atoms with E-state index in [0.29, 0.717) is 23.3 Å². The minimum absolute atomic E-state index is 0.0784. The summed E-state index contributed by atoms with van der Waals surface area (Å²) in [6.07, 6.45) is 6.17. The van der Waals surface area contributed by atoms with Gasteiger partial charge in [0.15, 0.2) is 0 Å². The van der Waals surface area contributed by atoms with Crippen molar-refractivity contribution in [1.82, 2.24) is 14.5 Å². The smallest absolute Gasteiger partial charge is 0.266 e. The highest BCUT2D eigenvalue weighted by molar-refractivity contribution is 5.80. The monoisotopic (exact) mass is 431 g/mol. The molecule has 0 aliphatic heterocycles. The number of aryl methyl sites for hydroxylation is 1. The number of fused-ring (bicyclic) bond motifs is 1. The summed E-state index contributed by atoms with van der Waals surface area (Å²) in [5.41, 5.74) is 2.52. The Morgan fingerprint density at radius 3 is 2.47 bits per heavy atom. The van der Waals surface area contributed by atoms with Gasteiger partial charge in [0.05, 0.1) is 22.6 Å². The van der Waals surface area contributed by atoms with Crippen LogP contribution in [0.3, 0.4) is 0 Å². The number of benzene rings is 2. The number of amides is 1. The predicted molar refractivity (Wildman–Crippen MR) is 129 cm³/mol. The van der Waals surface area contributed by atoms with Crippen molar-refractivity contribution >= 4 is 16.8 Å². The van der Waals surface area contributed by atoms with Crippen molar-refractivity contribution in [3.8, 4) is 5.69 Å². The van der Waals surface area contributed by atoms with E-state index >= 15 is 0 Å². The molecule has 0 bridgehead atoms. The highest BCUT2D eigenvalue weighted by atomic mass is 16.2. The lowest BCUT2D eigenvalue weighted by Crippen LogP contribution is -2.41. The van der Waals surface area contributed by atoms with E-state index in [2.05, 4.69) is 13.0 Å². The van der Waals surface area contributed by atoms with Crippen LogP contribution >= 0.6 is 0 Å². The Labute approximate surface area is 190 Å². The number of hydrogen-bond donors (Lipinski definition) is 0. The molecule has 0 N–H and O–H groups in total. The second kappa shape index (κ2) is 9.68. The summed E-state index contributed by atoms with van der Waals surface area (Å²) < 4.78 is 1.74. The molecule has 1 fully saturated rings. The third kappa shape index (κ3) is 4.08. The minimum atomic E-state index is -0.309. The van der Waals surface area contributed by atoms with Crippen LogP contribution in [0.1, 0.15) is 70.3 Å². The maximum Gasteiger partial charge on any atom is 0.266 e. The van der Waals surface area contributed by atoms with Gasteiger partial charge in [-0.2, -0.15) is 0 Å². The van der Waals surface area contributed by atoms with E-state index in [-0.39, 0.29) is 23.4 Å². The van der Waals surface area contributed by atoms with Gasteiger partial charge >= 0.3 is 0 Å². The van der Waals surface area contributed by atoms with Gasteiger partial charge in [0.2, 0.25) is 5.91 Å². The Kier molecular flexibility index (Phi) is 6.73. The fourth-order valence-corrected chi connectivity index (χ4v) is 5.03. The van der Waals surface area contributed by atoms with Crippen molar-refractivity contribution in [2.75, 3.05) is 6.54 Å². The maximum absolute atomic E-state index is 13.7. The molecular formula is C27H33N3O2. The number of aromatic nitrogens is 2. The van der Waals surface area contributed by atoms with Gasteiger partial charge in [-0.3, -0.25) is 14.2 Å². The van der Waals surface area contributed by atoms with Crippen molar-refractivity contribution < 1.29 is 4.79 Å². The number of para-hydroxylation sites is 2. The fourth-order valence-electron chi connectivity index (χ4n) is 5.03. The van der Waals surface area contributed by atoms with Gasteiger partial charge in [0.25, 0.3) is 5.56 Å². The molecule has 5 heteroatoms. The molecule has 1 aliphatic rings. The average molecular weight is 432 g/mol. The summed E-state index contributed by atoms with van der Waals surface area (Å²) in [4.78, 5) is 34.1. The molecule has 1 aromatic heterocycles. The summed E-state index contributed by atoms with van der Waals surface area (Å²) in [5, 5.41) is 0.594. The van der Waals surface area contributed by atoms with Crippen molar-refractivity contribution in [2.24, 2.45) is 5.92 Å². The third-order valence-corrected chi connectivity index (χ3v) is 6.83. The predicted octanol–water partition coefficient (Wildman–Crippen LogP) is 5.44. The van der Waals surface area contributed by atoms with E-state index < -0.39 is 0 Å². The van der Waals surface area contributed by atoms with Gasteiger partial charge < -0.3 is 4.90 Å². The molecule has 0 spiro atoms. The van der Waals surface area contributed by atoms with E-state index in [9.17, 15) is 9.59 Å². The molecular weight excluding hydrogens is 398 g/mol. The summed E-state index contributed by atoms with van der Waals surface area (Å²) in [6, 6.07) is 15.1. The van der Waals surface area contributed by atoms with E-state index in [1.54, 1.807) is 4.57 Å². The van der Waals surface area contributed by atoms with Gasteiger partial charge in [0.1, 0.15) is 5.82 Å². The molecule has 1 saturated carbocycles. The van der Waals surface area contributed by atoms with Crippen LogP contribution in [0.2, 0.25) is 0 Å². The SMILES string of the molecule is CCc1ccccc1-n1c(C(C)N(CC)C(=O)C2CCCCC2)nc2ccccc2c1=O. The second-order valence-electron chi connectivity index (χ2n) is 8.75. The molecule has 5 nitrogen and oxygen atoms in total. The van der Waals surface area contributed by atoms with E-state index in [1.165, 1.54) is 6.42 Å². The normalized spacial score (nSPS) is 15.6. The van der Waals surface area contributed by atoms with Crippen LogP contribution in [-0.2, 0) is 11.2 Å². The summed E-state index contributed by atoms with van der Waals surface area (Å²) >= 11 is 0. The summed E-state index contributed by atoms with van der Waals surface area (Å²) in [5.74, 6) is 0.896. The molecule has 0 radical (unpaired) electrons. The van der Waals surface area contributed by atoms with E-state index in [1.807, 2.05) is 61.2 Å². The number of nitrogens with zero attached hydrogens (tertiary/aromatic N) is 3. The molecule has 4 rings (SSSR count). The molecule has 32 heavy (non-hydrogen) atoms. The van der Waals surface area contributed by atoms with Crippen LogP contribution in [0.4, 0.5) is 0 Å². The van der Waals surface area contributed by atoms with Crippen LogP contribution in [0.15, 0.2) is 53.3 Å². The van der Waals surface area contributed by atoms with Crippen LogP contribution in [0.5, 0.6) is 0 Å².